The Morgan fingerprint density at radius 2 is 2.18 bits per heavy atom. The highest BCUT2D eigenvalue weighted by atomic mass is 19.1. The van der Waals surface area contributed by atoms with Crippen molar-refractivity contribution in [2.24, 2.45) is 5.92 Å². The number of likely N-dealkylation sites (tertiary alicyclic amines) is 1. The van der Waals surface area contributed by atoms with Gasteiger partial charge in [0, 0.05) is 13.2 Å². The molecule has 0 aromatic heterocycles. The minimum atomic E-state index is -1.07. The number of hydrogen-bond donors (Lipinski definition) is 1. The molecule has 1 heterocycles. The summed E-state index contributed by atoms with van der Waals surface area (Å²) in [6, 6.07) is 0. The topological polar surface area (TPSA) is 49.8 Å². The van der Waals surface area contributed by atoms with Gasteiger partial charge in [0.1, 0.15) is 11.8 Å². The zero-order chi connectivity index (χ0) is 13.1. The minimum Gasteiger partial charge on any atom is -0.444 e. The third kappa shape index (κ3) is 4.50. The number of aliphatic hydroxyl groups is 1. The average molecular weight is 247 g/mol. The van der Waals surface area contributed by atoms with Gasteiger partial charge in [-0.2, -0.15) is 0 Å². The van der Waals surface area contributed by atoms with E-state index in [1.165, 1.54) is 4.90 Å². The molecule has 1 saturated heterocycles. The average Bonchev–Trinajstić information content (AvgIpc) is 2.18. The molecule has 1 unspecified atom stereocenters. The fourth-order valence-corrected chi connectivity index (χ4v) is 1.94. The molecule has 0 saturated carbocycles. The quantitative estimate of drug-likeness (QED) is 0.811. The number of halogens is 1. The van der Waals surface area contributed by atoms with Gasteiger partial charge in [0.15, 0.2) is 0 Å². The van der Waals surface area contributed by atoms with Gasteiger partial charge < -0.3 is 14.7 Å². The maximum Gasteiger partial charge on any atom is 0.410 e. The Labute approximate surface area is 102 Å². The first-order chi connectivity index (χ1) is 7.83. The molecule has 1 amide bonds. The van der Waals surface area contributed by atoms with Crippen LogP contribution in [0.1, 0.15) is 33.6 Å². The summed E-state index contributed by atoms with van der Waals surface area (Å²) in [7, 11) is 0. The second kappa shape index (κ2) is 5.67. The van der Waals surface area contributed by atoms with Gasteiger partial charge in [-0.1, -0.05) is 0 Å². The standard InChI is InChI=1S/C12H22FNO3/c1-12(2,3)17-11(16)14-6-4-9(5-7-15)10(13)8-14/h9-10,15H,4-8H2,1-3H3/t9?,10-/m0/s1. The molecule has 2 atom stereocenters. The van der Waals surface area contributed by atoms with Gasteiger partial charge in [-0.05, 0) is 39.5 Å². The van der Waals surface area contributed by atoms with E-state index in [9.17, 15) is 9.18 Å². The smallest absolute Gasteiger partial charge is 0.410 e. The van der Waals surface area contributed by atoms with Crippen molar-refractivity contribution in [3.8, 4) is 0 Å². The lowest BCUT2D eigenvalue weighted by molar-refractivity contribution is 0.00325. The van der Waals surface area contributed by atoms with Crippen molar-refractivity contribution in [3.63, 3.8) is 0 Å². The summed E-state index contributed by atoms with van der Waals surface area (Å²) >= 11 is 0. The van der Waals surface area contributed by atoms with E-state index < -0.39 is 17.9 Å². The van der Waals surface area contributed by atoms with Crippen LogP contribution < -0.4 is 0 Å². The van der Waals surface area contributed by atoms with Crippen LogP contribution in [0.4, 0.5) is 9.18 Å². The SMILES string of the molecule is CC(C)(C)OC(=O)N1CCC(CCO)[C@@H](F)C1. The monoisotopic (exact) mass is 247 g/mol. The van der Waals surface area contributed by atoms with Crippen LogP contribution in [-0.2, 0) is 4.74 Å². The van der Waals surface area contributed by atoms with E-state index in [1.54, 1.807) is 20.8 Å². The van der Waals surface area contributed by atoms with Crippen molar-refractivity contribution in [1.82, 2.24) is 4.90 Å². The molecule has 1 N–H and O–H groups in total. The Bertz CT molecular complexity index is 265. The van der Waals surface area contributed by atoms with E-state index >= 15 is 0 Å². The van der Waals surface area contributed by atoms with Crippen molar-refractivity contribution < 1.29 is 19.0 Å². The lowest BCUT2D eigenvalue weighted by Gasteiger charge is -2.35. The zero-order valence-electron chi connectivity index (χ0n) is 10.8. The van der Waals surface area contributed by atoms with Crippen LogP contribution in [0.5, 0.6) is 0 Å². The van der Waals surface area contributed by atoms with Crippen LogP contribution in [-0.4, -0.2) is 47.6 Å². The van der Waals surface area contributed by atoms with E-state index in [0.29, 0.717) is 19.4 Å². The summed E-state index contributed by atoms with van der Waals surface area (Å²) in [5.74, 6) is -0.140. The van der Waals surface area contributed by atoms with E-state index in [0.717, 1.165) is 0 Å². The first-order valence-corrected chi connectivity index (χ1v) is 6.06. The third-order valence-electron chi connectivity index (χ3n) is 2.83. The molecule has 4 nitrogen and oxygen atoms in total. The number of carbonyl (C=O) groups excluding carboxylic acids is 1. The van der Waals surface area contributed by atoms with E-state index in [1.807, 2.05) is 0 Å². The van der Waals surface area contributed by atoms with Crippen LogP contribution in [0.25, 0.3) is 0 Å². The zero-order valence-corrected chi connectivity index (χ0v) is 10.8. The highest BCUT2D eigenvalue weighted by molar-refractivity contribution is 5.68. The minimum absolute atomic E-state index is 0.00246. The molecule has 1 aliphatic heterocycles. The Hall–Kier alpha value is -0.840. The van der Waals surface area contributed by atoms with Gasteiger partial charge in [0.05, 0.1) is 6.54 Å². The molecular formula is C12H22FNO3. The van der Waals surface area contributed by atoms with Crippen molar-refractivity contribution in [3.05, 3.63) is 0 Å². The Morgan fingerprint density at radius 1 is 1.53 bits per heavy atom. The number of amides is 1. The van der Waals surface area contributed by atoms with Crippen LogP contribution in [0.2, 0.25) is 0 Å². The molecule has 0 aromatic carbocycles. The second-order valence-electron chi connectivity index (χ2n) is 5.50. The van der Waals surface area contributed by atoms with Gasteiger partial charge in [-0.3, -0.25) is 0 Å². The van der Waals surface area contributed by atoms with Crippen LogP contribution >= 0.6 is 0 Å². The predicted molar refractivity (Wildman–Crippen MR) is 62.5 cm³/mol. The van der Waals surface area contributed by atoms with E-state index in [4.69, 9.17) is 9.84 Å². The van der Waals surface area contributed by atoms with Gasteiger partial charge in [0.2, 0.25) is 0 Å². The molecule has 0 aromatic rings. The fourth-order valence-electron chi connectivity index (χ4n) is 1.94. The van der Waals surface area contributed by atoms with Crippen molar-refractivity contribution in [1.29, 1.82) is 0 Å². The molecule has 100 valence electrons. The number of hydrogen-bond acceptors (Lipinski definition) is 3. The molecule has 1 aliphatic rings. The number of nitrogens with zero attached hydrogens (tertiary/aromatic N) is 1. The summed E-state index contributed by atoms with van der Waals surface area (Å²) < 4.78 is 18.9. The van der Waals surface area contributed by atoms with Crippen LogP contribution in [0, 0.1) is 5.92 Å². The molecule has 0 radical (unpaired) electrons. The molecule has 0 bridgehead atoms. The lowest BCUT2D eigenvalue weighted by Crippen LogP contribution is -2.47. The number of alkyl halides is 1. The summed E-state index contributed by atoms with van der Waals surface area (Å²) in [5.41, 5.74) is -0.551. The second-order valence-corrected chi connectivity index (χ2v) is 5.50. The molecule has 0 aliphatic carbocycles. The van der Waals surface area contributed by atoms with Gasteiger partial charge in [-0.15, -0.1) is 0 Å². The third-order valence-corrected chi connectivity index (χ3v) is 2.83. The van der Waals surface area contributed by atoms with Crippen LogP contribution in [0.3, 0.4) is 0 Å². The van der Waals surface area contributed by atoms with Crippen molar-refractivity contribution in [2.45, 2.75) is 45.4 Å². The Balaban J connectivity index is 2.46. The number of ether oxygens (including phenoxy) is 1. The Morgan fingerprint density at radius 3 is 2.65 bits per heavy atom. The maximum absolute atomic E-state index is 13.7. The predicted octanol–water partition coefficient (Wildman–Crippen LogP) is 1.96. The number of aliphatic hydroxyl groups excluding tert-OH is 1. The highest BCUT2D eigenvalue weighted by Crippen LogP contribution is 2.24. The van der Waals surface area contributed by atoms with Crippen LogP contribution in [0.15, 0.2) is 0 Å². The van der Waals surface area contributed by atoms with Gasteiger partial charge in [0.25, 0.3) is 0 Å². The molecule has 17 heavy (non-hydrogen) atoms. The van der Waals surface area contributed by atoms with E-state index in [-0.39, 0.29) is 19.1 Å². The summed E-state index contributed by atoms with van der Waals surface area (Å²) in [4.78, 5) is 13.1. The van der Waals surface area contributed by atoms with Gasteiger partial charge in [-0.25, -0.2) is 9.18 Å². The lowest BCUT2D eigenvalue weighted by atomic mass is 9.92. The molecule has 1 rings (SSSR count). The first-order valence-electron chi connectivity index (χ1n) is 6.06. The molecule has 1 fully saturated rings. The van der Waals surface area contributed by atoms with Crippen molar-refractivity contribution in [2.75, 3.05) is 19.7 Å². The molecular weight excluding hydrogens is 225 g/mol. The number of carbonyl (C=O) groups is 1. The highest BCUT2D eigenvalue weighted by Gasteiger charge is 2.33. The number of piperidine rings is 1. The molecule has 5 heteroatoms. The Kier molecular flexibility index (Phi) is 4.74. The maximum atomic E-state index is 13.7. The summed E-state index contributed by atoms with van der Waals surface area (Å²) in [6.45, 7) is 5.93. The molecule has 0 spiro atoms. The number of rotatable bonds is 2. The summed E-state index contributed by atoms with van der Waals surface area (Å²) in [5, 5.41) is 8.79. The van der Waals surface area contributed by atoms with Crippen molar-refractivity contribution >= 4 is 6.09 Å². The largest absolute Gasteiger partial charge is 0.444 e. The van der Waals surface area contributed by atoms with Gasteiger partial charge >= 0.3 is 6.09 Å². The summed E-state index contributed by atoms with van der Waals surface area (Å²) in [6.07, 6.45) is -0.476. The normalized spacial score (nSPS) is 25.8. The van der Waals surface area contributed by atoms with E-state index in [2.05, 4.69) is 0 Å². The first kappa shape index (κ1) is 14.2. The fraction of sp³-hybridized carbons (Fsp3) is 0.917.